The Labute approximate surface area is 79.4 Å². The van der Waals surface area contributed by atoms with Gasteiger partial charge in [-0.3, -0.25) is 0 Å². The third-order valence-electron chi connectivity index (χ3n) is 2.30. The molecule has 0 aliphatic carbocycles. The topological polar surface area (TPSA) is 46.2 Å². The minimum Gasteiger partial charge on any atom is -0.387 e. The van der Waals surface area contributed by atoms with Gasteiger partial charge in [0.15, 0.2) is 0 Å². The number of aliphatic hydroxyl groups is 1. The van der Waals surface area contributed by atoms with Crippen LogP contribution in [-0.2, 0) is 0 Å². The van der Waals surface area contributed by atoms with E-state index in [-0.39, 0.29) is 6.04 Å². The summed E-state index contributed by atoms with van der Waals surface area (Å²) < 4.78 is 0. The predicted molar refractivity (Wildman–Crippen MR) is 54.4 cm³/mol. The van der Waals surface area contributed by atoms with Crippen LogP contribution in [0.3, 0.4) is 0 Å². The van der Waals surface area contributed by atoms with Gasteiger partial charge in [0.1, 0.15) is 0 Å². The molecular formula is C11H17NO. The Bertz CT molecular complexity index is 255. The molecule has 2 atom stereocenters. The largest absolute Gasteiger partial charge is 0.387 e. The van der Waals surface area contributed by atoms with E-state index in [1.54, 1.807) is 0 Å². The summed E-state index contributed by atoms with van der Waals surface area (Å²) in [6, 6.07) is 7.66. The van der Waals surface area contributed by atoms with Crippen molar-refractivity contribution < 1.29 is 5.11 Å². The van der Waals surface area contributed by atoms with E-state index in [2.05, 4.69) is 0 Å². The number of aliphatic hydroxyl groups excluding tert-OH is 1. The van der Waals surface area contributed by atoms with Crippen molar-refractivity contribution in [3.63, 3.8) is 0 Å². The molecule has 0 spiro atoms. The van der Waals surface area contributed by atoms with E-state index < -0.39 is 6.10 Å². The fourth-order valence-corrected chi connectivity index (χ4v) is 1.23. The highest BCUT2D eigenvalue weighted by Crippen LogP contribution is 2.17. The number of hydrogen-bond donors (Lipinski definition) is 2. The lowest BCUT2D eigenvalue weighted by molar-refractivity contribution is 0.144. The lowest BCUT2D eigenvalue weighted by atomic mass is 10.0. The van der Waals surface area contributed by atoms with Gasteiger partial charge < -0.3 is 10.8 Å². The van der Waals surface area contributed by atoms with Crippen LogP contribution in [0.5, 0.6) is 0 Å². The van der Waals surface area contributed by atoms with Gasteiger partial charge in [-0.15, -0.1) is 0 Å². The van der Waals surface area contributed by atoms with Crippen LogP contribution in [0, 0.1) is 6.92 Å². The Morgan fingerprint density at radius 1 is 1.31 bits per heavy atom. The molecule has 2 heteroatoms. The minimum absolute atomic E-state index is 0.164. The molecule has 0 amide bonds. The molecule has 0 aliphatic rings. The SMILES string of the molecule is CC[C@@H](N)[C@H](O)c1ccc(C)cc1. The smallest absolute Gasteiger partial charge is 0.0940 e. The van der Waals surface area contributed by atoms with Gasteiger partial charge in [-0.2, -0.15) is 0 Å². The van der Waals surface area contributed by atoms with Crippen molar-refractivity contribution in [1.82, 2.24) is 0 Å². The summed E-state index contributed by atoms with van der Waals surface area (Å²) in [5, 5.41) is 9.75. The third-order valence-corrected chi connectivity index (χ3v) is 2.30. The fraction of sp³-hybridized carbons (Fsp3) is 0.455. The number of aryl methyl sites for hydroxylation is 1. The molecule has 1 aromatic carbocycles. The average molecular weight is 179 g/mol. The van der Waals surface area contributed by atoms with Gasteiger partial charge in [0.05, 0.1) is 6.10 Å². The molecule has 0 aromatic heterocycles. The molecular weight excluding hydrogens is 162 g/mol. The number of rotatable bonds is 3. The number of hydrogen-bond acceptors (Lipinski definition) is 2. The second-order valence-electron chi connectivity index (χ2n) is 3.43. The zero-order valence-corrected chi connectivity index (χ0v) is 8.20. The Hall–Kier alpha value is -0.860. The zero-order valence-electron chi connectivity index (χ0n) is 8.20. The van der Waals surface area contributed by atoms with E-state index in [9.17, 15) is 5.11 Å². The summed E-state index contributed by atoms with van der Waals surface area (Å²) in [4.78, 5) is 0. The van der Waals surface area contributed by atoms with Crippen LogP contribution in [-0.4, -0.2) is 11.1 Å². The molecule has 3 N–H and O–H groups in total. The molecule has 0 unspecified atom stereocenters. The van der Waals surface area contributed by atoms with Crippen molar-refractivity contribution in [3.8, 4) is 0 Å². The summed E-state index contributed by atoms with van der Waals surface area (Å²) >= 11 is 0. The van der Waals surface area contributed by atoms with Gasteiger partial charge in [0.25, 0.3) is 0 Å². The van der Waals surface area contributed by atoms with Gasteiger partial charge in [-0.1, -0.05) is 36.8 Å². The fourth-order valence-electron chi connectivity index (χ4n) is 1.23. The Morgan fingerprint density at radius 2 is 1.85 bits per heavy atom. The first kappa shape index (κ1) is 10.2. The van der Waals surface area contributed by atoms with Gasteiger partial charge in [-0.25, -0.2) is 0 Å². The Kier molecular flexibility index (Phi) is 3.46. The molecule has 2 nitrogen and oxygen atoms in total. The first-order valence-electron chi connectivity index (χ1n) is 4.65. The highest BCUT2D eigenvalue weighted by molar-refractivity contribution is 5.23. The maximum absolute atomic E-state index is 9.75. The molecule has 0 radical (unpaired) electrons. The van der Waals surface area contributed by atoms with Crippen LogP contribution < -0.4 is 5.73 Å². The Morgan fingerprint density at radius 3 is 2.31 bits per heavy atom. The van der Waals surface area contributed by atoms with E-state index in [0.29, 0.717) is 0 Å². The number of nitrogens with two attached hydrogens (primary N) is 1. The molecule has 0 bridgehead atoms. The summed E-state index contributed by atoms with van der Waals surface area (Å²) in [7, 11) is 0. The zero-order chi connectivity index (χ0) is 9.84. The Balaban J connectivity index is 2.77. The molecule has 1 aromatic rings. The lowest BCUT2D eigenvalue weighted by Crippen LogP contribution is -2.27. The van der Waals surface area contributed by atoms with Crippen molar-refractivity contribution >= 4 is 0 Å². The van der Waals surface area contributed by atoms with Crippen molar-refractivity contribution in [1.29, 1.82) is 0 Å². The number of benzene rings is 1. The molecule has 0 heterocycles. The lowest BCUT2D eigenvalue weighted by Gasteiger charge is -2.17. The molecule has 0 saturated heterocycles. The molecule has 1 rings (SSSR count). The van der Waals surface area contributed by atoms with Crippen molar-refractivity contribution in [3.05, 3.63) is 35.4 Å². The molecule has 13 heavy (non-hydrogen) atoms. The van der Waals surface area contributed by atoms with Gasteiger partial charge in [0.2, 0.25) is 0 Å². The van der Waals surface area contributed by atoms with Crippen LogP contribution in [0.4, 0.5) is 0 Å². The highest BCUT2D eigenvalue weighted by Gasteiger charge is 2.13. The average Bonchev–Trinajstić information content (AvgIpc) is 2.17. The van der Waals surface area contributed by atoms with Gasteiger partial charge in [-0.05, 0) is 18.9 Å². The third kappa shape index (κ3) is 2.54. The minimum atomic E-state index is -0.536. The summed E-state index contributed by atoms with van der Waals surface area (Å²) in [5.74, 6) is 0. The molecule has 0 saturated carbocycles. The summed E-state index contributed by atoms with van der Waals surface area (Å²) in [5.41, 5.74) is 7.83. The molecule has 72 valence electrons. The normalized spacial score (nSPS) is 15.4. The van der Waals surface area contributed by atoms with E-state index in [0.717, 1.165) is 12.0 Å². The highest BCUT2D eigenvalue weighted by atomic mass is 16.3. The molecule has 0 aliphatic heterocycles. The van der Waals surface area contributed by atoms with E-state index in [1.165, 1.54) is 5.56 Å². The van der Waals surface area contributed by atoms with Crippen LogP contribution in [0.15, 0.2) is 24.3 Å². The van der Waals surface area contributed by atoms with Crippen molar-refractivity contribution in [2.45, 2.75) is 32.4 Å². The maximum atomic E-state index is 9.75. The monoisotopic (exact) mass is 179 g/mol. The second kappa shape index (κ2) is 4.40. The molecule has 0 fully saturated rings. The van der Waals surface area contributed by atoms with E-state index in [4.69, 9.17) is 5.73 Å². The second-order valence-corrected chi connectivity index (χ2v) is 3.43. The standard InChI is InChI=1S/C11H17NO/c1-3-10(12)11(13)9-6-4-8(2)5-7-9/h4-7,10-11,13H,3,12H2,1-2H3/t10-,11-/m1/s1. The quantitative estimate of drug-likeness (QED) is 0.742. The van der Waals surface area contributed by atoms with Crippen LogP contribution in [0.2, 0.25) is 0 Å². The maximum Gasteiger partial charge on any atom is 0.0940 e. The van der Waals surface area contributed by atoms with E-state index >= 15 is 0 Å². The van der Waals surface area contributed by atoms with Gasteiger partial charge in [0, 0.05) is 6.04 Å². The van der Waals surface area contributed by atoms with Crippen LogP contribution >= 0.6 is 0 Å². The summed E-state index contributed by atoms with van der Waals surface area (Å²) in [6.45, 7) is 4.00. The van der Waals surface area contributed by atoms with E-state index in [1.807, 2.05) is 38.1 Å². The van der Waals surface area contributed by atoms with Crippen molar-refractivity contribution in [2.24, 2.45) is 5.73 Å². The summed E-state index contributed by atoms with van der Waals surface area (Å²) in [6.07, 6.45) is 0.250. The van der Waals surface area contributed by atoms with Crippen molar-refractivity contribution in [2.75, 3.05) is 0 Å². The van der Waals surface area contributed by atoms with Crippen LogP contribution in [0.25, 0.3) is 0 Å². The first-order valence-corrected chi connectivity index (χ1v) is 4.65. The van der Waals surface area contributed by atoms with Gasteiger partial charge >= 0.3 is 0 Å². The van der Waals surface area contributed by atoms with Crippen LogP contribution in [0.1, 0.15) is 30.6 Å². The first-order chi connectivity index (χ1) is 6.15. The predicted octanol–water partition coefficient (Wildman–Crippen LogP) is 1.77.